The highest BCUT2D eigenvalue weighted by molar-refractivity contribution is 7.14. The molecule has 0 amide bonds. The molecule has 1 aromatic rings. The maximum Gasteiger partial charge on any atom is 0.348 e. The minimum Gasteiger partial charge on any atom is -0.465 e. The Kier molecular flexibility index (Phi) is 3.23. The lowest BCUT2D eigenvalue weighted by atomic mass is 10.4. The zero-order valence-electron chi connectivity index (χ0n) is 6.98. The van der Waals surface area contributed by atoms with Gasteiger partial charge in [-0.25, -0.2) is 4.79 Å². The summed E-state index contributed by atoms with van der Waals surface area (Å²) in [5.41, 5.74) is 0. The molecule has 0 N–H and O–H groups in total. The lowest BCUT2D eigenvalue weighted by molar-refractivity contribution is 0.0606. The summed E-state index contributed by atoms with van der Waals surface area (Å²) in [6.45, 7) is 0. The van der Waals surface area contributed by atoms with Gasteiger partial charge in [-0.1, -0.05) is 0 Å². The van der Waals surface area contributed by atoms with Gasteiger partial charge in [0.25, 0.3) is 0 Å². The van der Waals surface area contributed by atoms with Crippen molar-refractivity contribution < 1.29 is 9.53 Å². The first-order chi connectivity index (χ1) is 6.27. The van der Waals surface area contributed by atoms with E-state index in [1.54, 1.807) is 18.2 Å². The molecule has 0 bridgehead atoms. The quantitative estimate of drug-likeness (QED) is 0.533. The number of carbonyl (C=O) groups is 1. The van der Waals surface area contributed by atoms with E-state index in [-0.39, 0.29) is 5.97 Å². The highest BCUT2D eigenvalue weighted by Gasteiger charge is 2.06. The first-order valence-corrected chi connectivity index (χ1v) is 4.34. The molecule has 0 unspecified atom stereocenters. The second-order valence-corrected chi connectivity index (χ2v) is 3.27. The van der Waals surface area contributed by atoms with Gasteiger partial charge >= 0.3 is 5.97 Å². The van der Waals surface area contributed by atoms with Crippen molar-refractivity contribution in [1.29, 1.82) is 5.26 Å². The minimum atomic E-state index is -0.346. The molecular formula is C9H7NO2S. The number of hydrogen-bond acceptors (Lipinski definition) is 4. The lowest BCUT2D eigenvalue weighted by Gasteiger charge is -1.90. The zero-order chi connectivity index (χ0) is 9.68. The van der Waals surface area contributed by atoms with Crippen LogP contribution < -0.4 is 0 Å². The van der Waals surface area contributed by atoms with Crippen LogP contribution in [0.25, 0.3) is 6.08 Å². The highest BCUT2D eigenvalue weighted by Crippen LogP contribution is 2.18. The standard InChI is InChI=1S/C9H7NO2S/c1-12-9(11)8-5-4-7(13-8)3-2-6-10/h2-5H,1H3. The Bertz CT molecular complexity index is 373. The Morgan fingerprint density at radius 1 is 1.69 bits per heavy atom. The van der Waals surface area contributed by atoms with Crippen LogP contribution in [0.15, 0.2) is 18.2 Å². The molecule has 0 atom stereocenters. The molecule has 66 valence electrons. The van der Waals surface area contributed by atoms with E-state index in [9.17, 15) is 4.79 Å². The molecule has 0 spiro atoms. The number of nitriles is 1. The minimum absolute atomic E-state index is 0.346. The van der Waals surface area contributed by atoms with Crippen molar-refractivity contribution in [3.63, 3.8) is 0 Å². The third-order valence-corrected chi connectivity index (χ3v) is 2.37. The molecule has 1 rings (SSSR count). The van der Waals surface area contributed by atoms with Crippen LogP contribution in [0, 0.1) is 11.3 Å². The number of allylic oxidation sites excluding steroid dienone is 1. The van der Waals surface area contributed by atoms with Crippen LogP contribution in [0.5, 0.6) is 0 Å². The normalized spacial score (nSPS) is 9.85. The highest BCUT2D eigenvalue weighted by atomic mass is 32.1. The van der Waals surface area contributed by atoms with Crippen LogP contribution >= 0.6 is 11.3 Å². The molecule has 0 saturated heterocycles. The SMILES string of the molecule is COC(=O)c1ccc(C=CC#N)s1. The van der Waals surface area contributed by atoms with Crippen LogP contribution in [0.2, 0.25) is 0 Å². The van der Waals surface area contributed by atoms with Gasteiger partial charge in [0.2, 0.25) is 0 Å². The first-order valence-electron chi connectivity index (χ1n) is 3.52. The monoisotopic (exact) mass is 193 g/mol. The van der Waals surface area contributed by atoms with Crippen molar-refractivity contribution in [2.45, 2.75) is 0 Å². The van der Waals surface area contributed by atoms with Crippen molar-refractivity contribution in [2.24, 2.45) is 0 Å². The topological polar surface area (TPSA) is 50.1 Å². The fourth-order valence-corrected chi connectivity index (χ4v) is 1.60. The molecule has 4 heteroatoms. The summed E-state index contributed by atoms with van der Waals surface area (Å²) >= 11 is 1.29. The van der Waals surface area contributed by atoms with E-state index in [0.717, 1.165) is 4.88 Å². The van der Waals surface area contributed by atoms with Crippen molar-refractivity contribution in [3.8, 4) is 6.07 Å². The molecule has 0 aliphatic carbocycles. The average Bonchev–Trinajstić information content (AvgIpc) is 2.62. The second-order valence-electron chi connectivity index (χ2n) is 2.16. The van der Waals surface area contributed by atoms with Crippen LogP contribution in [0.3, 0.4) is 0 Å². The van der Waals surface area contributed by atoms with Gasteiger partial charge in [0.15, 0.2) is 0 Å². The van der Waals surface area contributed by atoms with Crippen LogP contribution in [0.4, 0.5) is 0 Å². The number of carbonyl (C=O) groups excluding carboxylic acids is 1. The van der Waals surface area contributed by atoms with E-state index >= 15 is 0 Å². The van der Waals surface area contributed by atoms with Gasteiger partial charge in [0, 0.05) is 11.0 Å². The summed E-state index contributed by atoms with van der Waals surface area (Å²) in [5.74, 6) is -0.346. The Morgan fingerprint density at radius 2 is 2.46 bits per heavy atom. The van der Waals surface area contributed by atoms with Gasteiger partial charge in [-0.05, 0) is 18.2 Å². The van der Waals surface area contributed by atoms with Crippen molar-refractivity contribution >= 4 is 23.4 Å². The maximum atomic E-state index is 11.0. The number of ether oxygens (including phenoxy) is 1. The Labute approximate surface area is 79.9 Å². The average molecular weight is 193 g/mol. The predicted octanol–water partition coefficient (Wildman–Crippen LogP) is 2.07. The van der Waals surface area contributed by atoms with Gasteiger partial charge in [0.05, 0.1) is 13.2 Å². The molecule has 0 aromatic carbocycles. The summed E-state index contributed by atoms with van der Waals surface area (Å²) in [5, 5.41) is 8.27. The summed E-state index contributed by atoms with van der Waals surface area (Å²) < 4.78 is 4.54. The van der Waals surface area contributed by atoms with Gasteiger partial charge < -0.3 is 4.74 Å². The summed E-state index contributed by atoms with van der Waals surface area (Å²) in [7, 11) is 1.34. The fourth-order valence-electron chi connectivity index (χ4n) is 0.772. The van der Waals surface area contributed by atoms with E-state index in [4.69, 9.17) is 5.26 Å². The van der Waals surface area contributed by atoms with Crippen LogP contribution in [-0.4, -0.2) is 13.1 Å². The number of methoxy groups -OCH3 is 1. The van der Waals surface area contributed by atoms with E-state index in [1.165, 1.54) is 24.5 Å². The van der Waals surface area contributed by atoms with E-state index in [0.29, 0.717) is 4.88 Å². The molecule has 1 heterocycles. The third-order valence-electron chi connectivity index (χ3n) is 1.34. The number of hydrogen-bond donors (Lipinski definition) is 0. The number of esters is 1. The Morgan fingerprint density at radius 3 is 3.08 bits per heavy atom. The van der Waals surface area contributed by atoms with E-state index in [2.05, 4.69) is 4.74 Å². The first kappa shape index (κ1) is 9.49. The lowest BCUT2D eigenvalue weighted by Crippen LogP contribution is -1.96. The largest absolute Gasteiger partial charge is 0.465 e. The molecule has 0 aliphatic rings. The van der Waals surface area contributed by atoms with Crippen molar-refractivity contribution in [1.82, 2.24) is 0 Å². The third kappa shape index (κ3) is 2.42. The molecule has 0 saturated carbocycles. The molecular weight excluding hydrogens is 186 g/mol. The van der Waals surface area contributed by atoms with E-state index in [1.807, 2.05) is 6.07 Å². The smallest absolute Gasteiger partial charge is 0.348 e. The molecule has 0 aliphatic heterocycles. The summed E-state index contributed by atoms with van der Waals surface area (Å²) in [6, 6.07) is 5.32. The number of rotatable bonds is 2. The summed E-state index contributed by atoms with van der Waals surface area (Å²) in [6.07, 6.45) is 3.02. The Hall–Kier alpha value is -1.60. The number of thiophene rings is 1. The molecule has 0 fully saturated rings. The maximum absolute atomic E-state index is 11.0. The fraction of sp³-hybridized carbons (Fsp3) is 0.111. The molecule has 0 radical (unpaired) electrons. The van der Waals surface area contributed by atoms with Crippen molar-refractivity contribution in [3.05, 3.63) is 28.0 Å². The summed E-state index contributed by atoms with van der Waals surface area (Å²) in [4.78, 5) is 12.4. The van der Waals surface area contributed by atoms with Crippen molar-refractivity contribution in [2.75, 3.05) is 7.11 Å². The van der Waals surface area contributed by atoms with Gasteiger partial charge in [-0.2, -0.15) is 5.26 Å². The molecule has 3 nitrogen and oxygen atoms in total. The predicted molar refractivity (Wildman–Crippen MR) is 50.3 cm³/mol. The van der Waals surface area contributed by atoms with Gasteiger partial charge in [-0.15, -0.1) is 11.3 Å². The Balaban J connectivity index is 2.82. The second kappa shape index (κ2) is 4.43. The van der Waals surface area contributed by atoms with Gasteiger partial charge in [0.1, 0.15) is 4.88 Å². The van der Waals surface area contributed by atoms with Gasteiger partial charge in [-0.3, -0.25) is 0 Å². The molecule has 1 aromatic heterocycles. The zero-order valence-corrected chi connectivity index (χ0v) is 7.80. The van der Waals surface area contributed by atoms with E-state index < -0.39 is 0 Å². The molecule has 13 heavy (non-hydrogen) atoms. The number of nitrogens with zero attached hydrogens (tertiary/aromatic N) is 1. The van der Waals surface area contributed by atoms with Crippen LogP contribution in [-0.2, 0) is 4.74 Å². The van der Waals surface area contributed by atoms with Crippen LogP contribution in [0.1, 0.15) is 14.5 Å².